The van der Waals surface area contributed by atoms with Gasteiger partial charge >= 0.3 is 6.03 Å². The maximum atomic E-state index is 12.8. The lowest BCUT2D eigenvalue weighted by molar-refractivity contribution is 0.102. The zero-order valence-electron chi connectivity index (χ0n) is 15.8. The largest absolute Gasteiger partial charge is 0.336 e. The van der Waals surface area contributed by atoms with Gasteiger partial charge in [-0.25, -0.2) is 4.79 Å². The molecule has 0 radical (unpaired) electrons. The number of carbonyl (C=O) groups is 2. The van der Waals surface area contributed by atoms with Crippen molar-refractivity contribution in [2.24, 2.45) is 0 Å². The summed E-state index contributed by atoms with van der Waals surface area (Å²) in [5, 5.41) is 19.7. The van der Waals surface area contributed by atoms with Gasteiger partial charge in [-0.2, -0.15) is 4.68 Å². The molecule has 9 heteroatoms. The number of anilines is 2. The minimum atomic E-state index is -0.369. The van der Waals surface area contributed by atoms with Gasteiger partial charge in [-0.1, -0.05) is 18.2 Å². The highest BCUT2D eigenvalue weighted by molar-refractivity contribution is 6.10. The molecule has 0 saturated heterocycles. The molecular weight excluding hydrogens is 358 g/mol. The Bertz CT molecular complexity index is 997. The molecule has 144 valence electrons. The lowest BCUT2D eigenvalue weighted by Crippen LogP contribution is -2.34. The fourth-order valence-electron chi connectivity index (χ4n) is 2.59. The topological polar surface area (TPSA) is 114 Å². The van der Waals surface area contributed by atoms with Gasteiger partial charge in [-0.3, -0.25) is 4.79 Å². The molecule has 1 heterocycles. The van der Waals surface area contributed by atoms with Gasteiger partial charge in [0, 0.05) is 11.7 Å². The molecule has 0 spiro atoms. The van der Waals surface area contributed by atoms with E-state index in [0.29, 0.717) is 22.8 Å². The number of nitrogens with one attached hydrogen (secondary N) is 3. The maximum absolute atomic E-state index is 12.8. The van der Waals surface area contributed by atoms with E-state index in [0.717, 1.165) is 5.69 Å². The molecule has 1 aromatic heterocycles. The average Bonchev–Trinajstić information content (AvgIpc) is 3.07. The van der Waals surface area contributed by atoms with Crippen molar-refractivity contribution in [2.45, 2.75) is 26.8 Å². The van der Waals surface area contributed by atoms with Crippen molar-refractivity contribution < 1.29 is 9.59 Å². The van der Waals surface area contributed by atoms with Crippen LogP contribution in [0.15, 0.2) is 48.5 Å². The Balaban J connectivity index is 1.79. The standard InChI is InChI=1S/C19H21N7O2/c1-12(2)20-19(28)22-17-10-5-4-9-16(17)18(27)21-14-7-6-8-15(11-14)26-13(3)23-24-25-26/h4-12H,1-3H3,(H,21,27)(H2,20,22,28). The van der Waals surface area contributed by atoms with Crippen LogP contribution in [0.3, 0.4) is 0 Å². The highest BCUT2D eigenvalue weighted by Gasteiger charge is 2.14. The van der Waals surface area contributed by atoms with E-state index < -0.39 is 0 Å². The predicted molar refractivity (Wildman–Crippen MR) is 106 cm³/mol. The fraction of sp³-hybridized carbons (Fsp3) is 0.211. The van der Waals surface area contributed by atoms with Gasteiger partial charge in [0.2, 0.25) is 0 Å². The zero-order chi connectivity index (χ0) is 20.1. The molecule has 0 unspecified atom stereocenters. The molecule has 0 aliphatic heterocycles. The average molecular weight is 379 g/mol. The summed E-state index contributed by atoms with van der Waals surface area (Å²) in [7, 11) is 0. The van der Waals surface area contributed by atoms with Crippen LogP contribution in [0, 0.1) is 6.92 Å². The molecule has 0 bridgehead atoms. The monoisotopic (exact) mass is 379 g/mol. The second-order valence-corrected chi connectivity index (χ2v) is 6.44. The van der Waals surface area contributed by atoms with Gasteiger partial charge in [0.05, 0.1) is 16.9 Å². The number of hydrogen-bond acceptors (Lipinski definition) is 5. The summed E-state index contributed by atoms with van der Waals surface area (Å²) in [5.74, 6) is 0.292. The Morgan fingerprint density at radius 1 is 1.04 bits per heavy atom. The molecule has 0 atom stereocenters. The first-order valence-electron chi connectivity index (χ1n) is 8.77. The third-order valence-corrected chi connectivity index (χ3v) is 3.81. The number of aryl methyl sites for hydroxylation is 1. The van der Waals surface area contributed by atoms with Crippen molar-refractivity contribution in [3.63, 3.8) is 0 Å². The third kappa shape index (κ3) is 4.50. The van der Waals surface area contributed by atoms with E-state index in [-0.39, 0.29) is 18.0 Å². The number of urea groups is 1. The van der Waals surface area contributed by atoms with Gasteiger partial charge < -0.3 is 16.0 Å². The number of carbonyl (C=O) groups excluding carboxylic acids is 2. The predicted octanol–water partition coefficient (Wildman–Crippen LogP) is 2.75. The molecule has 28 heavy (non-hydrogen) atoms. The third-order valence-electron chi connectivity index (χ3n) is 3.81. The molecule has 0 fully saturated rings. The summed E-state index contributed by atoms with van der Waals surface area (Å²) in [4.78, 5) is 24.8. The van der Waals surface area contributed by atoms with Crippen LogP contribution >= 0.6 is 0 Å². The van der Waals surface area contributed by atoms with Crippen LogP contribution in [-0.4, -0.2) is 38.2 Å². The lowest BCUT2D eigenvalue weighted by atomic mass is 10.1. The summed E-state index contributed by atoms with van der Waals surface area (Å²) >= 11 is 0. The number of nitrogens with zero attached hydrogens (tertiary/aromatic N) is 4. The SMILES string of the molecule is Cc1nnnn1-c1cccc(NC(=O)c2ccccc2NC(=O)NC(C)C)c1. The molecular formula is C19H21N7O2. The van der Waals surface area contributed by atoms with Gasteiger partial charge in [0.1, 0.15) is 0 Å². The van der Waals surface area contributed by atoms with E-state index in [1.54, 1.807) is 54.1 Å². The number of aromatic nitrogens is 4. The lowest BCUT2D eigenvalue weighted by Gasteiger charge is -2.14. The second-order valence-electron chi connectivity index (χ2n) is 6.44. The Hall–Kier alpha value is -3.75. The van der Waals surface area contributed by atoms with Crippen LogP contribution < -0.4 is 16.0 Å². The Labute approximate surface area is 162 Å². The number of rotatable bonds is 5. The molecule has 0 aliphatic carbocycles. The summed E-state index contributed by atoms with van der Waals surface area (Å²) in [6, 6.07) is 13.6. The Morgan fingerprint density at radius 3 is 2.54 bits per heavy atom. The number of para-hydroxylation sites is 1. The summed E-state index contributed by atoms with van der Waals surface area (Å²) in [5.41, 5.74) is 2.08. The molecule has 9 nitrogen and oxygen atoms in total. The van der Waals surface area contributed by atoms with E-state index in [2.05, 4.69) is 31.5 Å². The number of hydrogen-bond donors (Lipinski definition) is 3. The molecule has 0 aliphatic rings. The smallest absolute Gasteiger partial charge is 0.319 e. The van der Waals surface area contributed by atoms with Crippen molar-refractivity contribution in [2.75, 3.05) is 10.6 Å². The van der Waals surface area contributed by atoms with Crippen LogP contribution in [0.25, 0.3) is 5.69 Å². The number of amides is 3. The van der Waals surface area contributed by atoms with E-state index in [1.165, 1.54) is 0 Å². The Kier molecular flexibility index (Phi) is 5.64. The van der Waals surface area contributed by atoms with E-state index in [9.17, 15) is 9.59 Å². The molecule has 0 saturated carbocycles. The van der Waals surface area contributed by atoms with Crippen LogP contribution in [0.1, 0.15) is 30.0 Å². The minimum absolute atomic E-state index is 0.0153. The van der Waals surface area contributed by atoms with Crippen LogP contribution in [-0.2, 0) is 0 Å². The molecule has 2 aromatic carbocycles. The van der Waals surface area contributed by atoms with Gasteiger partial charge in [0.15, 0.2) is 5.82 Å². The van der Waals surface area contributed by atoms with Crippen molar-refractivity contribution in [3.8, 4) is 5.69 Å². The second kappa shape index (κ2) is 8.30. The van der Waals surface area contributed by atoms with E-state index in [1.807, 2.05) is 19.9 Å². The van der Waals surface area contributed by atoms with Gasteiger partial charge in [0.25, 0.3) is 5.91 Å². The van der Waals surface area contributed by atoms with E-state index in [4.69, 9.17) is 0 Å². The maximum Gasteiger partial charge on any atom is 0.319 e. The van der Waals surface area contributed by atoms with Crippen LogP contribution in [0.5, 0.6) is 0 Å². The number of benzene rings is 2. The van der Waals surface area contributed by atoms with Crippen molar-refractivity contribution in [3.05, 3.63) is 59.9 Å². The Morgan fingerprint density at radius 2 is 1.82 bits per heavy atom. The molecule has 3 amide bonds. The fourth-order valence-corrected chi connectivity index (χ4v) is 2.59. The molecule has 3 aromatic rings. The highest BCUT2D eigenvalue weighted by atomic mass is 16.2. The van der Waals surface area contributed by atoms with Crippen molar-refractivity contribution in [1.82, 2.24) is 25.5 Å². The summed E-state index contributed by atoms with van der Waals surface area (Å²) in [6.07, 6.45) is 0. The normalized spacial score (nSPS) is 10.6. The first kappa shape index (κ1) is 19.0. The summed E-state index contributed by atoms with van der Waals surface area (Å²) in [6.45, 7) is 5.50. The molecule has 3 N–H and O–H groups in total. The molecule has 3 rings (SSSR count). The van der Waals surface area contributed by atoms with Crippen molar-refractivity contribution in [1.29, 1.82) is 0 Å². The first-order chi connectivity index (χ1) is 13.4. The number of tetrazole rings is 1. The first-order valence-corrected chi connectivity index (χ1v) is 8.77. The zero-order valence-corrected chi connectivity index (χ0v) is 15.8. The van der Waals surface area contributed by atoms with Crippen LogP contribution in [0.2, 0.25) is 0 Å². The van der Waals surface area contributed by atoms with E-state index >= 15 is 0 Å². The quantitative estimate of drug-likeness (QED) is 0.631. The summed E-state index contributed by atoms with van der Waals surface area (Å²) < 4.78 is 1.57. The van der Waals surface area contributed by atoms with Gasteiger partial charge in [-0.05, 0) is 61.5 Å². The van der Waals surface area contributed by atoms with Gasteiger partial charge in [-0.15, -0.1) is 5.10 Å². The van der Waals surface area contributed by atoms with Crippen LogP contribution in [0.4, 0.5) is 16.2 Å². The highest BCUT2D eigenvalue weighted by Crippen LogP contribution is 2.19. The van der Waals surface area contributed by atoms with Crippen molar-refractivity contribution >= 4 is 23.3 Å². The minimum Gasteiger partial charge on any atom is -0.336 e.